The fourth-order valence-corrected chi connectivity index (χ4v) is 2.44. The molecule has 11 heavy (non-hydrogen) atoms. The Balaban J connectivity index is 2.37. The molecule has 3 nitrogen and oxygen atoms in total. The summed E-state index contributed by atoms with van der Waals surface area (Å²) >= 11 is 1.62. The number of aryl methyl sites for hydroxylation is 1. The standard InChI is InChI=1S/C7H11N3S/c1-9-4-2-3-5-6(4)10-7(8)11-5/h4,9H,2-3H2,1H3,(H2,8,10). The number of rotatable bonds is 1. The molecule has 2 rings (SSSR count). The highest BCUT2D eigenvalue weighted by atomic mass is 32.1. The van der Waals surface area contributed by atoms with E-state index in [9.17, 15) is 0 Å². The van der Waals surface area contributed by atoms with Crippen LogP contribution in [0.4, 0.5) is 5.13 Å². The molecule has 1 atom stereocenters. The Morgan fingerprint density at radius 2 is 2.55 bits per heavy atom. The maximum absolute atomic E-state index is 5.59. The van der Waals surface area contributed by atoms with Crippen LogP contribution in [0.15, 0.2) is 0 Å². The molecule has 0 saturated carbocycles. The Morgan fingerprint density at radius 1 is 1.73 bits per heavy atom. The first-order valence-electron chi connectivity index (χ1n) is 3.73. The highest BCUT2D eigenvalue weighted by Gasteiger charge is 2.24. The molecule has 0 saturated heterocycles. The Kier molecular flexibility index (Phi) is 1.58. The van der Waals surface area contributed by atoms with Gasteiger partial charge in [0.05, 0.1) is 11.7 Å². The van der Waals surface area contributed by atoms with Crippen molar-refractivity contribution in [3.8, 4) is 0 Å². The molecule has 0 bridgehead atoms. The van der Waals surface area contributed by atoms with Gasteiger partial charge in [0.1, 0.15) is 0 Å². The smallest absolute Gasteiger partial charge is 0.180 e. The van der Waals surface area contributed by atoms with E-state index in [0.717, 1.165) is 6.42 Å². The number of anilines is 1. The lowest BCUT2D eigenvalue weighted by molar-refractivity contribution is 0.579. The maximum atomic E-state index is 5.59. The van der Waals surface area contributed by atoms with Gasteiger partial charge in [-0.05, 0) is 19.9 Å². The Bertz CT molecular complexity index is 269. The Hall–Kier alpha value is -0.610. The van der Waals surface area contributed by atoms with Gasteiger partial charge in [-0.15, -0.1) is 11.3 Å². The molecule has 1 aromatic rings. The SMILES string of the molecule is CNC1CCc2sc(N)nc21. The summed E-state index contributed by atoms with van der Waals surface area (Å²) in [6.45, 7) is 0. The van der Waals surface area contributed by atoms with E-state index in [1.54, 1.807) is 11.3 Å². The lowest BCUT2D eigenvalue weighted by atomic mass is 10.2. The van der Waals surface area contributed by atoms with Crippen molar-refractivity contribution in [2.24, 2.45) is 0 Å². The summed E-state index contributed by atoms with van der Waals surface area (Å²) in [4.78, 5) is 5.64. The number of hydrogen-bond donors (Lipinski definition) is 2. The molecule has 0 aromatic carbocycles. The van der Waals surface area contributed by atoms with Crippen LogP contribution in [0.2, 0.25) is 0 Å². The summed E-state index contributed by atoms with van der Waals surface area (Å²) in [6, 6.07) is 0.443. The van der Waals surface area contributed by atoms with Crippen LogP contribution in [0.3, 0.4) is 0 Å². The molecule has 3 N–H and O–H groups in total. The molecular formula is C7H11N3S. The number of aromatic nitrogens is 1. The van der Waals surface area contributed by atoms with Crippen LogP contribution < -0.4 is 11.1 Å². The molecule has 0 radical (unpaired) electrons. The van der Waals surface area contributed by atoms with E-state index < -0.39 is 0 Å². The summed E-state index contributed by atoms with van der Waals surface area (Å²) < 4.78 is 0. The van der Waals surface area contributed by atoms with Crippen LogP contribution in [0.5, 0.6) is 0 Å². The molecular weight excluding hydrogens is 158 g/mol. The molecule has 0 spiro atoms. The monoisotopic (exact) mass is 169 g/mol. The van der Waals surface area contributed by atoms with Crippen molar-refractivity contribution in [2.45, 2.75) is 18.9 Å². The largest absolute Gasteiger partial charge is 0.375 e. The van der Waals surface area contributed by atoms with Gasteiger partial charge < -0.3 is 11.1 Å². The van der Waals surface area contributed by atoms with Crippen LogP contribution in [-0.4, -0.2) is 12.0 Å². The molecule has 1 aliphatic rings. The van der Waals surface area contributed by atoms with Gasteiger partial charge in [0.2, 0.25) is 0 Å². The third kappa shape index (κ3) is 1.02. The summed E-state index contributed by atoms with van der Waals surface area (Å²) in [5.41, 5.74) is 6.76. The van der Waals surface area contributed by atoms with Crippen molar-refractivity contribution in [2.75, 3.05) is 12.8 Å². The first kappa shape index (κ1) is 7.06. The van der Waals surface area contributed by atoms with Crippen LogP contribution in [-0.2, 0) is 6.42 Å². The second-order valence-corrected chi connectivity index (χ2v) is 3.86. The van der Waals surface area contributed by atoms with E-state index in [1.165, 1.54) is 17.0 Å². The quantitative estimate of drug-likeness (QED) is 0.657. The summed E-state index contributed by atoms with van der Waals surface area (Å²) in [5.74, 6) is 0. The van der Waals surface area contributed by atoms with Gasteiger partial charge in [-0.2, -0.15) is 0 Å². The Labute approximate surface area is 69.6 Å². The summed E-state index contributed by atoms with van der Waals surface area (Å²) in [7, 11) is 1.97. The predicted octanol–water partition coefficient (Wildman–Crippen LogP) is 0.932. The maximum Gasteiger partial charge on any atom is 0.180 e. The van der Waals surface area contributed by atoms with Crippen LogP contribution in [0.1, 0.15) is 23.0 Å². The van der Waals surface area contributed by atoms with Crippen molar-refractivity contribution in [1.82, 2.24) is 10.3 Å². The third-order valence-electron chi connectivity index (χ3n) is 2.08. The second kappa shape index (κ2) is 2.46. The second-order valence-electron chi connectivity index (χ2n) is 2.74. The normalized spacial score (nSPS) is 22.1. The number of hydrogen-bond acceptors (Lipinski definition) is 4. The van der Waals surface area contributed by atoms with E-state index >= 15 is 0 Å². The molecule has 0 fully saturated rings. The van der Waals surface area contributed by atoms with Crippen molar-refractivity contribution in [3.05, 3.63) is 10.6 Å². The molecule has 60 valence electrons. The first-order valence-corrected chi connectivity index (χ1v) is 4.55. The Morgan fingerprint density at radius 3 is 3.27 bits per heavy atom. The van der Waals surface area contributed by atoms with Gasteiger partial charge in [0, 0.05) is 4.88 Å². The average molecular weight is 169 g/mol. The molecule has 0 amide bonds. The topological polar surface area (TPSA) is 50.9 Å². The van der Waals surface area contributed by atoms with E-state index in [-0.39, 0.29) is 0 Å². The number of nitrogen functional groups attached to an aromatic ring is 1. The van der Waals surface area contributed by atoms with Gasteiger partial charge in [-0.1, -0.05) is 0 Å². The minimum Gasteiger partial charge on any atom is -0.375 e. The van der Waals surface area contributed by atoms with Crippen molar-refractivity contribution < 1.29 is 0 Å². The van der Waals surface area contributed by atoms with Crippen molar-refractivity contribution in [1.29, 1.82) is 0 Å². The number of nitrogens with one attached hydrogen (secondary N) is 1. The number of nitrogens with two attached hydrogens (primary N) is 1. The van der Waals surface area contributed by atoms with Crippen molar-refractivity contribution in [3.63, 3.8) is 0 Å². The van der Waals surface area contributed by atoms with Gasteiger partial charge in [0.25, 0.3) is 0 Å². The fraction of sp³-hybridized carbons (Fsp3) is 0.571. The number of thiazole rings is 1. The minimum atomic E-state index is 0.443. The summed E-state index contributed by atoms with van der Waals surface area (Å²) in [5, 5.41) is 3.93. The molecule has 1 aliphatic carbocycles. The van der Waals surface area contributed by atoms with Crippen LogP contribution in [0.25, 0.3) is 0 Å². The van der Waals surface area contributed by atoms with E-state index in [4.69, 9.17) is 5.73 Å². The lowest BCUT2D eigenvalue weighted by Crippen LogP contribution is -2.13. The van der Waals surface area contributed by atoms with E-state index in [0.29, 0.717) is 11.2 Å². The molecule has 0 aliphatic heterocycles. The highest BCUT2D eigenvalue weighted by molar-refractivity contribution is 7.15. The average Bonchev–Trinajstić information content (AvgIpc) is 2.45. The van der Waals surface area contributed by atoms with Crippen molar-refractivity contribution >= 4 is 16.5 Å². The predicted molar refractivity (Wildman–Crippen MR) is 46.6 cm³/mol. The van der Waals surface area contributed by atoms with E-state index in [2.05, 4.69) is 10.3 Å². The lowest BCUT2D eigenvalue weighted by Gasteiger charge is -2.05. The number of fused-ring (bicyclic) bond motifs is 1. The zero-order valence-electron chi connectivity index (χ0n) is 6.42. The molecule has 4 heteroatoms. The van der Waals surface area contributed by atoms with Crippen LogP contribution in [0, 0.1) is 0 Å². The zero-order valence-corrected chi connectivity index (χ0v) is 7.24. The van der Waals surface area contributed by atoms with Gasteiger partial charge >= 0.3 is 0 Å². The van der Waals surface area contributed by atoms with Crippen LogP contribution >= 0.6 is 11.3 Å². The highest BCUT2D eigenvalue weighted by Crippen LogP contribution is 2.35. The van der Waals surface area contributed by atoms with Gasteiger partial charge in [0.15, 0.2) is 5.13 Å². The first-order chi connectivity index (χ1) is 5.31. The minimum absolute atomic E-state index is 0.443. The fourth-order valence-electron chi connectivity index (χ4n) is 1.53. The molecule has 1 aromatic heterocycles. The molecule has 1 heterocycles. The zero-order chi connectivity index (χ0) is 7.84. The van der Waals surface area contributed by atoms with Gasteiger partial charge in [-0.25, -0.2) is 4.98 Å². The third-order valence-corrected chi connectivity index (χ3v) is 3.04. The van der Waals surface area contributed by atoms with E-state index in [1.807, 2.05) is 7.05 Å². The van der Waals surface area contributed by atoms with Gasteiger partial charge in [-0.3, -0.25) is 0 Å². The summed E-state index contributed by atoms with van der Waals surface area (Å²) in [6.07, 6.45) is 2.31. The molecule has 1 unspecified atom stereocenters. The number of nitrogens with zero attached hydrogens (tertiary/aromatic N) is 1.